The Bertz CT molecular complexity index is 284. The van der Waals surface area contributed by atoms with E-state index in [9.17, 15) is 0 Å². The Morgan fingerprint density at radius 1 is 1.14 bits per heavy atom. The van der Waals surface area contributed by atoms with E-state index in [1.807, 2.05) is 0 Å². The molecule has 14 heavy (non-hydrogen) atoms. The summed E-state index contributed by atoms with van der Waals surface area (Å²) in [7, 11) is 0. The fourth-order valence-corrected chi connectivity index (χ4v) is 2.13. The minimum absolute atomic E-state index is 0.654. The third kappa shape index (κ3) is 2.37. The molecular formula is C14H22. The van der Waals surface area contributed by atoms with Crippen LogP contribution in [0.5, 0.6) is 0 Å². The van der Waals surface area contributed by atoms with Crippen molar-refractivity contribution in [3.05, 3.63) is 34.9 Å². The molecule has 0 radical (unpaired) electrons. The number of rotatable bonds is 4. The van der Waals surface area contributed by atoms with Crippen molar-refractivity contribution in [2.75, 3.05) is 0 Å². The maximum Gasteiger partial charge on any atom is -0.0216 e. The standard InChI is InChI=1S/C14H22/c1-5-8-12-9-7-10-14(11(3)4)13(12)6-2/h7,9-11H,5-6,8H2,1-4H3. The Balaban J connectivity index is 3.11. The van der Waals surface area contributed by atoms with E-state index in [4.69, 9.17) is 0 Å². The van der Waals surface area contributed by atoms with E-state index >= 15 is 0 Å². The van der Waals surface area contributed by atoms with E-state index in [1.54, 1.807) is 16.7 Å². The highest BCUT2D eigenvalue weighted by Gasteiger charge is 2.08. The van der Waals surface area contributed by atoms with Crippen molar-refractivity contribution in [2.24, 2.45) is 0 Å². The lowest BCUT2D eigenvalue weighted by Gasteiger charge is -2.15. The SMILES string of the molecule is CCCc1cccc(C(C)C)c1CC. The second-order valence-corrected chi connectivity index (χ2v) is 4.24. The molecule has 1 rings (SSSR count). The van der Waals surface area contributed by atoms with Crippen LogP contribution in [-0.4, -0.2) is 0 Å². The summed E-state index contributed by atoms with van der Waals surface area (Å²) < 4.78 is 0. The summed E-state index contributed by atoms with van der Waals surface area (Å²) in [4.78, 5) is 0. The molecule has 1 aromatic carbocycles. The Labute approximate surface area is 88.4 Å². The number of aryl methyl sites for hydroxylation is 1. The molecule has 0 aliphatic heterocycles. The van der Waals surface area contributed by atoms with Crippen LogP contribution >= 0.6 is 0 Å². The summed E-state index contributed by atoms with van der Waals surface area (Å²) in [6, 6.07) is 6.77. The maximum absolute atomic E-state index is 2.29. The molecule has 0 aliphatic carbocycles. The molecule has 0 nitrogen and oxygen atoms in total. The van der Waals surface area contributed by atoms with E-state index in [2.05, 4.69) is 45.9 Å². The van der Waals surface area contributed by atoms with Crippen molar-refractivity contribution in [2.45, 2.75) is 52.9 Å². The minimum Gasteiger partial charge on any atom is -0.0651 e. The molecule has 0 amide bonds. The zero-order valence-corrected chi connectivity index (χ0v) is 9.93. The number of hydrogen-bond acceptors (Lipinski definition) is 0. The van der Waals surface area contributed by atoms with Gasteiger partial charge in [0.15, 0.2) is 0 Å². The smallest absolute Gasteiger partial charge is 0.0216 e. The van der Waals surface area contributed by atoms with Crippen LogP contribution in [0.3, 0.4) is 0 Å². The number of hydrogen-bond donors (Lipinski definition) is 0. The Kier molecular flexibility index (Phi) is 4.19. The van der Waals surface area contributed by atoms with E-state index in [0.717, 1.165) is 0 Å². The van der Waals surface area contributed by atoms with E-state index in [0.29, 0.717) is 5.92 Å². The monoisotopic (exact) mass is 190 g/mol. The van der Waals surface area contributed by atoms with Crippen LogP contribution < -0.4 is 0 Å². The Hall–Kier alpha value is -0.780. The van der Waals surface area contributed by atoms with Crippen molar-refractivity contribution >= 4 is 0 Å². The summed E-state index contributed by atoms with van der Waals surface area (Å²) in [6.45, 7) is 9.08. The molecule has 0 saturated heterocycles. The molecule has 0 aromatic heterocycles. The fourth-order valence-electron chi connectivity index (χ4n) is 2.13. The highest BCUT2D eigenvalue weighted by atomic mass is 14.1. The Morgan fingerprint density at radius 2 is 1.86 bits per heavy atom. The second-order valence-electron chi connectivity index (χ2n) is 4.24. The average Bonchev–Trinajstić information content (AvgIpc) is 2.18. The zero-order valence-electron chi connectivity index (χ0n) is 9.93. The second kappa shape index (κ2) is 5.19. The third-order valence-electron chi connectivity index (χ3n) is 2.80. The van der Waals surface area contributed by atoms with Crippen LogP contribution in [0, 0.1) is 0 Å². The van der Waals surface area contributed by atoms with Gasteiger partial charge in [-0.1, -0.05) is 52.3 Å². The lowest BCUT2D eigenvalue weighted by molar-refractivity contribution is 0.823. The van der Waals surface area contributed by atoms with Crippen LogP contribution in [0.2, 0.25) is 0 Å². The van der Waals surface area contributed by atoms with Gasteiger partial charge in [-0.3, -0.25) is 0 Å². The lowest BCUT2D eigenvalue weighted by Crippen LogP contribution is -2.00. The van der Waals surface area contributed by atoms with Crippen molar-refractivity contribution in [3.63, 3.8) is 0 Å². The topological polar surface area (TPSA) is 0 Å². The molecule has 0 bridgehead atoms. The van der Waals surface area contributed by atoms with Crippen LogP contribution in [-0.2, 0) is 12.8 Å². The lowest BCUT2D eigenvalue weighted by atomic mass is 9.90. The number of benzene rings is 1. The molecule has 0 heterocycles. The predicted molar refractivity (Wildman–Crippen MR) is 63.9 cm³/mol. The summed E-state index contributed by atoms with van der Waals surface area (Å²) in [5, 5.41) is 0. The van der Waals surface area contributed by atoms with Crippen LogP contribution in [0.15, 0.2) is 18.2 Å². The molecule has 1 aromatic rings. The van der Waals surface area contributed by atoms with E-state index in [-0.39, 0.29) is 0 Å². The van der Waals surface area contributed by atoms with Gasteiger partial charge >= 0.3 is 0 Å². The molecule has 0 saturated carbocycles. The average molecular weight is 190 g/mol. The van der Waals surface area contributed by atoms with Crippen molar-refractivity contribution < 1.29 is 0 Å². The first-order chi connectivity index (χ1) is 6.70. The van der Waals surface area contributed by atoms with Gasteiger partial charge < -0.3 is 0 Å². The first-order valence-corrected chi connectivity index (χ1v) is 5.81. The van der Waals surface area contributed by atoms with Gasteiger partial charge in [0.05, 0.1) is 0 Å². The molecule has 0 N–H and O–H groups in total. The molecule has 0 heteroatoms. The van der Waals surface area contributed by atoms with E-state index in [1.165, 1.54) is 19.3 Å². The largest absolute Gasteiger partial charge is 0.0651 e. The summed E-state index contributed by atoms with van der Waals surface area (Å²) >= 11 is 0. The van der Waals surface area contributed by atoms with Gasteiger partial charge in [0.25, 0.3) is 0 Å². The van der Waals surface area contributed by atoms with Gasteiger partial charge in [0, 0.05) is 0 Å². The highest BCUT2D eigenvalue weighted by molar-refractivity contribution is 5.37. The first-order valence-electron chi connectivity index (χ1n) is 5.81. The highest BCUT2D eigenvalue weighted by Crippen LogP contribution is 2.24. The molecule has 0 atom stereocenters. The summed E-state index contributed by atoms with van der Waals surface area (Å²) in [5.41, 5.74) is 4.68. The van der Waals surface area contributed by atoms with Gasteiger partial charge in [0.1, 0.15) is 0 Å². The molecule has 0 spiro atoms. The normalized spacial score (nSPS) is 10.9. The van der Waals surface area contributed by atoms with Crippen LogP contribution in [0.25, 0.3) is 0 Å². The van der Waals surface area contributed by atoms with Gasteiger partial charge in [-0.05, 0) is 35.4 Å². The first kappa shape index (κ1) is 11.3. The quantitative estimate of drug-likeness (QED) is 0.663. The minimum atomic E-state index is 0.654. The van der Waals surface area contributed by atoms with Gasteiger partial charge in [0.2, 0.25) is 0 Å². The Morgan fingerprint density at radius 3 is 2.36 bits per heavy atom. The zero-order chi connectivity index (χ0) is 10.6. The maximum atomic E-state index is 2.29. The van der Waals surface area contributed by atoms with Crippen LogP contribution in [0.1, 0.15) is 56.7 Å². The van der Waals surface area contributed by atoms with Crippen molar-refractivity contribution in [1.29, 1.82) is 0 Å². The summed E-state index contributed by atoms with van der Waals surface area (Å²) in [6.07, 6.45) is 3.64. The fraction of sp³-hybridized carbons (Fsp3) is 0.571. The predicted octanol–water partition coefficient (Wildman–Crippen LogP) is 4.32. The molecule has 0 aliphatic rings. The van der Waals surface area contributed by atoms with Crippen molar-refractivity contribution in [1.82, 2.24) is 0 Å². The van der Waals surface area contributed by atoms with E-state index < -0.39 is 0 Å². The molecular weight excluding hydrogens is 168 g/mol. The molecule has 78 valence electrons. The third-order valence-corrected chi connectivity index (χ3v) is 2.80. The van der Waals surface area contributed by atoms with Gasteiger partial charge in [-0.15, -0.1) is 0 Å². The van der Waals surface area contributed by atoms with Gasteiger partial charge in [-0.25, -0.2) is 0 Å². The van der Waals surface area contributed by atoms with Crippen LogP contribution in [0.4, 0.5) is 0 Å². The molecule has 0 unspecified atom stereocenters. The molecule has 0 fully saturated rings. The van der Waals surface area contributed by atoms with Gasteiger partial charge in [-0.2, -0.15) is 0 Å². The summed E-state index contributed by atoms with van der Waals surface area (Å²) in [5.74, 6) is 0.654. The van der Waals surface area contributed by atoms with Crippen molar-refractivity contribution in [3.8, 4) is 0 Å².